The van der Waals surface area contributed by atoms with E-state index in [-0.39, 0.29) is 5.97 Å². The second-order valence-electron chi connectivity index (χ2n) is 5.06. The van der Waals surface area contributed by atoms with Crippen LogP contribution in [0.1, 0.15) is 36.3 Å². The number of hydrogen-bond acceptors (Lipinski definition) is 3. The Hall–Kier alpha value is -1.35. The van der Waals surface area contributed by atoms with Crippen molar-refractivity contribution in [1.82, 2.24) is 5.32 Å². The molecule has 0 spiro atoms. The van der Waals surface area contributed by atoms with E-state index in [0.29, 0.717) is 18.4 Å². The van der Waals surface area contributed by atoms with E-state index in [4.69, 9.17) is 0 Å². The fourth-order valence-electron chi connectivity index (χ4n) is 2.46. The van der Waals surface area contributed by atoms with E-state index in [9.17, 15) is 4.79 Å². The van der Waals surface area contributed by atoms with Crippen LogP contribution in [0.2, 0.25) is 0 Å². The first-order chi connectivity index (χ1) is 8.69. The van der Waals surface area contributed by atoms with Gasteiger partial charge in [-0.25, -0.2) is 0 Å². The number of hydrogen-bond donors (Lipinski definition) is 1. The van der Waals surface area contributed by atoms with E-state index in [1.165, 1.54) is 31.1 Å². The van der Waals surface area contributed by atoms with Crippen molar-refractivity contribution in [2.45, 2.75) is 38.1 Å². The molecule has 2 rings (SSSR count). The summed E-state index contributed by atoms with van der Waals surface area (Å²) in [6, 6.07) is 9.30. The molecule has 0 unspecified atom stereocenters. The molecule has 3 nitrogen and oxygen atoms in total. The molecule has 98 valence electrons. The highest BCUT2D eigenvalue weighted by atomic mass is 16.5. The van der Waals surface area contributed by atoms with Gasteiger partial charge in [-0.05, 0) is 31.2 Å². The molecule has 1 aromatic rings. The molecular weight excluding hydrogens is 226 g/mol. The average Bonchev–Trinajstić information content (AvgIpc) is 2.31. The molecular formula is C15H21NO2. The van der Waals surface area contributed by atoms with Gasteiger partial charge in [0.2, 0.25) is 0 Å². The quantitative estimate of drug-likeness (QED) is 0.812. The molecule has 0 heterocycles. The van der Waals surface area contributed by atoms with Crippen LogP contribution in [0.3, 0.4) is 0 Å². The lowest BCUT2D eigenvalue weighted by Gasteiger charge is -2.36. The summed E-state index contributed by atoms with van der Waals surface area (Å²) in [5.74, 6) is 0.539. The largest absolute Gasteiger partial charge is 0.469 e. The number of ether oxygens (including phenoxy) is 1. The molecule has 3 heteroatoms. The third-order valence-electron chi connectivity index (χ3n) is 3.64. The number of aryl methyl sites for hydroxylation is 1. The third kappa shape index (κ3) is 3.33. The third-order valence-corrected chi connectivity index (χ3v) is 3.64. The lowest BCUT2D eigenvalue weighted by Crippen LogP contribution is -2.41. The highest BCUT2D eigenvalue weighted by Gasteiger charge is 2.29. The minimum absolute atomic E-state index is 0.142. The van der Waals surface area contributed by atoms with Crippen LogP contribution in [0.15, 0.2) is 24.3 Å². The van der Waals surface area contributed by atoms with Gasteiger partial charge in [0.1, 0.15) is 0 Å². The molecule has 1 aliphatic rings. The molecule has 1 aliphatic carbocycles. The van der Waals surface area contributed by atoms with E-state index in [2.05, 4.69) is 41.2 Å². The zero-order chi connectivity index (χ0) is 13.0. The van der Waals surface area contributed by atoms with Crippen molar-refractivity contribution in [3.8, 4) is 0 Å². The van der Waals surface area contributed by atoms with E-state index in [0.717, 1.165) is 6.54 Å². The fraction of sp³-hybridized carbons (Fsp3) is 0.533. The molecule has 1 aromatic carbocycles. The van der Waals surface area contributed by atoms with E-state index >= 15 is 0 Å². The summed E-state index contributed by atoms with van der Waals surface area (Å²) in [6.45, 7) is 2.85. The minimum Gasteiger partial charge on any atom is -0.469 e. The Morgan fingerprint density at radius 3 is 2.89 bits per heavy atom. The fourth-order valence-corrected chi connectivity index (χ4v) is 2.46. The average molecular weight is 247 g/mol. The van der Waals surface area contributed by atoms with Crippen LogP contribution in [0.4, 0.5) is 0 Å². The van der Waals surface area contributed by atoms with Gasteiger partial charge in [0, 0.05) is 12.6 Å². The molecule has 0 radical (unpaired) electrons. The van der Waals surface area contributed by atoms with Crippen molar-refractivity contribution in [3.05, 3.63) is 35.4 Å². The number of esters is 1. The van der Waals surface area contributed by atoms with Crippen molar-refractivity contribution >= 4 is 5.97 Å². The normalized spacial score (nSPS) is 22.3. The molecule has 0 amide bonds. The number of carbonyl (C=O) groups excluding carboxylic acids is 1. The van der Waals surface area contributed by atoms with Crippen LogP contribution in [-0.4, -0.2) is 25.7 Å². The number of nitrogens with one attached hydrogen (secondary N) is 1. The van der Waals surface area contributed by atoms with Gasteiger partial charge in [-0.3, -0.25) is 4.79 Å². The minimum atomic E-state index is -0.142. The number of benzene rings is 1. The summed E-state index contributed by atoms with van der Waals surface area (Å²) in [5, 5.41) is 3.40. The summed E-state index contributed by atoms with van der Waals surface area (Å²) >= 11 is 0. The maximum Gasteiger partial charge on any atom is 0.306 e. The first-order valence-corrected chi connectivity index (χ1v) is 6.56. The Bertz CT molecular complexity index is 411. The Kier molecular flexibility index (Phi) is 4.37. The Morgan fingerprint density at radius 2 is 2.22 bits per heavy atom. The van der Waals surface area contributed by atoms with Crippen LogP contribution >= 0.6 is 0 Å². The van der Waals surface area contributed by atoms with Gasteiger partial charge in [-0.1, -0.05) is 29.8 Å². The summed E-state index contributed by atoms with van der Waals surface area (Å²) < 4.78 is 4.61. The summed E-state index contributed by atoms with van der Waals surface area (Å²) in [6.07, 6.45) is 2.80. The monoisotopic (exact) mass is 247 g/mol. The van der Waals surface area contributed by atoms with Gasteiger partial charge >= 0.3 is 5.97 Å². The predicted molar refractivity (Wildman–Crippen MR) is 71.6 cm³/mol. The van der Waals surface area contributed by atoms with Crippen molar-refractivity contribution in [3.63, 3.8) is 0 Å². The molecule has 0 saturated heterocycles. The highest BCUT2D eigenvalue weighted by Crippen LogP contribution is 2.36. The van der Waals surface area contributed by atoms with Gasteiger partial charge in [-0.2, -0.15) is 0 Å². The highest BCUT2D eigenvalue weighted by molar-refractivity contribution is 5.69. The van der Waals surface area contributed by atoms with Crippen LogP contribution in [-0.2, 0) is 9.53 Å². The van der Waals surface area contributed by atoms with Crippen LogP contribution in [0.25, 0.3) is 0 Å². The molecule has 0 aromatic heterocycles. The molecule has 0 aliphatic heterocycles. The number of rotatable bonds is 5. The molecule has 1 fully saturated rings. The second-order valence-corrected chi connectivity index (χ2v) is 5.06. The first-order valence-electron chi connectivity index (χ1n) is 6.56. The van der Waals surface area contributed by atoms with Gasteiger partial charge in [0.25, 0.3) is 0 Å². The molecule has 1 saturated carbocycles. The molecule has 1 N–H and O–H groups in total. The molecule has 18 heavy (non-hydrogen) atoms. The second kappa shape index (κ2) is 6.01. The van der Waals surface area contributed by atoms with Gasteiger partial charge < -0.3 is 10.1 Å². The molecule has 0 atom stereocenters. The number of carbonyl (C=O) groups is 1. The van der Waals surface area contributed by atoms with Crippen LogP contribution in [0.5, 0.6) is 0 Å². The SMILES string of the molecule is COC(=O)CCNC1CC(c2cccc(C)c2)C1. The molecule has 0 bridgehead atoms. The summed E-state index contributed by atoms with van der Waals surface area (Å²) in [7, 11) is 1.43. The van der Waals surface area contributed by atoms with Crippen molar-refractivity contribution in [1.29, 1.82) is 0 Å². The topological polar surface area (TPSA) is 38.3 Å². The van der Waals surface area contributed by atoms with Gasteiger partial charge in [0.05, 0.1) is 13.5 Å². The van der Waals surface area contributed by atoms with Crippen molar-refractivity contribution in [2.24, 2.45) is 0 Å². The Balaban J connectivity index is 1.69. The zero-order valence-corrected chi connectivity index (χ0v) is 11.1. The maximum absolute atomic E-state index is 11.0. The smallest absolute Gasteiger partial charge is 0.306 e. The van der Waals surface area contributed by atoms with E-state index in [1.807, 2.05) is 0 Å². The maximum atomic E-state index is 11.0. The van der Waals surface area contributed by atoms with E-state index in [1.54, 1.807) is 0 Å². The standard InChI is InChI=1S/C15H21NO2/c1-11-4-3-5-12(8-11)13-9-14(10-13)16-7-6-15(17)18-2/h3-5,8,13-14,16H,6-7,9-10H2,1-2H3. The van der Waals surface area contributed by atoms with E-state index < -0.39 is 0 Å². The zero-order valence-electron chi connectivity index (χ0n) is 11.1. The first kappa shape index (κ1) is 13.1. The summed E-state index contributed by atoms with van der Waals surface area (Å²) in [5.41, 5.74) is 2.77. The summed E-state index contributed by atoms with van der Waals surface area (Å²) in [4.78, 5) is 11.0. The van der Waals surface area contributed by atoms with Crippen molar-refractivity contribution in [2.75, 3.05) is 13.7 Å². The lowest BCUT2D eigenvalue weighted by atomic mass is 9.75. The van der Waals surface area contributed by atoms with Gasteiger partial charge in [0.15, 0.2) is 0 Å². The van der Waals surface area contributed by atoms with Gasteiger partial charge in [-0.15, -0.1) is 0 Å². The predicted octanol–water partition coefficient (Wildman–Crippen LogP) is 2.39. The number of methoxy groups -OCH3 is 1. The Morgan fingerprint density at radius 1 is 1.44 bits per heavy atom. The Labute approximate surface area is 109 Å². The lowest BCUT2D eigenvalue weighted by molar-refractivity contribution is -0.140. The van der Waals surface area contributed by atoms with Crippen LogP contribution in [0, 0.1) is 6.92 Å². The van der Waals surface area contributed by atoms with Crippen molar-refractivity contribution < 1.29 is 9.53 Å². The van der Waals surface area contributed by atoms with Crippen LogP contribution < -0.4 is 5.32 Å².